The van der Waals surface area contributed by atoms with Crippen molar-refractivity contribution in [3.63, 3.8) is 0 Å². The van der Waals surface area contributed by atoms with E-state index in [1.54, 1.807) is 0 Å². The summed E-state index contributed by atoms with van der Waals surface area (Å²) in [5, 5.41) is 18.4. The first-order chi connectivity index (χ1) is 13.5. The predicted molar refractivity (Wildman–Crippen MR) is 94.7 cm³/mol. The molecule has 9 heteroatoms. The Morgan fingerprint density at radius 1 is 1.18 bits per heavy atom. The second kappa shape index (κ2) is 7.49. The molecule has 2 aromatic rings. The van der Waals surface area contributed by atoms with Gasteiger partial charge in [0.05, 0.1) is 10.8 Å². The van der Waals surface area contributed by atoms with Gasteiger partial charge in [0.1, 0.15) is 5.78 Å². The van der Waals surface area contributed by atoms with Crippen LogP contribution < -0.4 is 0 Å². The van der Waals surface area contributed by atoms with E-state index < -0.39 is 4.92 Å². The van der Waals surface area contributed by atoms with E-state index in [2.05, 4.69) is 10.2 Å². The number of non-ortho nitro benzene ring substituents is 1. The van der Waals surface area contributed by atoms with Crippen LogP contribution in [0.1, 0.15) is 38.0 Å². The van der Waals surface area contributed by atoms with E-state index in [4.69, 9.17) is 9.15 Å². The largest absolute Gasteiger partial charge is 0.455 e. The molecule has 1 aromatic heterocycles. The number of ether oxygens (including phenoxy) is 1. The van der Waals surface area contributed by atoms with Crippen molar-refractivity contribution in [1.29, 1.82) is 0 Å². The summed E-state index contributed by atoms with van der Waals surface area (Å²) in [5.74, 6) is 0.0291. The van der Waals surface area contributed by atoms with Gasteiger partial charge in [0.15, 0.2) is 6.61 Å². The molecule has 0 N–H and O–H groups in total. The third-order valence-corrected chi connectivity index (χ3v) is 5.51. The minimum absolute atomic E-state index is 0.0119. The molecule has 9 nitrogen and oxygen atoms in total. The fourth-order valence-electron chi connectivity index (χ4n) is 4.08. The summed E-state index contributed by atoms with van der Waals surface area (Å²) >= 11 is 0. The van der Waals surface area contributed by atoms with Crippen LogP contribution in [-0.2, 0) is 20.9 Å². The molecule has 1 aromatic carbocycles. The molecule has 4 rings (SSSR count). The molecule has 2 saturated carbocycles. The molecule has 28 heavy (non-hydrogen) atoms. The van der Waals surface area contributed by atoms with Crippen LogP contribution in [0.2, 0.25) is 0 Å². The number of nitro benzene ring substituents is 1. The van der Waals surface area contributed by atoms with Crippen molar-refractivity contribution >= 4 is 17.4 Å². The lowest BCUT2D eigenvalue weighted by molar-refractivity contribution is -0.384. The first-order valence-corrected chi connectivity index (χ1v) is 9.29. The van der Waals surface area contributed by atoms with E-state index >= 15 is 0 Å². The fraction of sp³-hybridized carbons (Fsp3) is 0.474. The van der Waals surface area contributed by atoms with Crippen LogP contribution in [0.15, 0.2) is 28.7 Å². The van der Waals surface area contributed by atoms with Crippen molar-refractivity contribution in [1.82, 2.24) is 10.2 Å². The molecule has 2 bridgehead atoms. The lowest BCUT2D eigenvalue weighted by Gasteiger charge is -2.36. The Kier molecular flexibility index (Phi) is 4.89. The number of carbonyl (C=O) groups is 2. The van der Waals surface area contributed by atoms with Crippen LogP contribution in [0.4, 0.5) is 5.69 Å². The Morgan fingerprint density at radius 2 is 1.86 bits per heavy atom. The summed E-state index contributed by atoms with van der Waals surface area (Å²) in [7, 11) is 0. The quantitative estimate of drug-likeness (QED) is 0.437. The normalized spacial score (nSPS) is 24.0. The Labute approximate surface area is 160 Å². The van der Waals surface area contributed by atoms with Gasteiger partial charge < -0.3 is 9.15 Å². The number of fused-ring (bicyclic) bond motifs is 2. The maximum Gasteiger partial charge on any atom is 0.309 e. The summed E-state index contributed by atoms with van der Waals surface area (Å²) in [6.45, 7) is -0.140. The number of hydrogen-bond donors (Lipinski definition) is 0. The van der Waals surface area contributed by atoms with E-state index in [1.807, 2.05) is 0 Å². The van der Waals surface area contributed by atoms with Crippen LogP contribution in [0.5, 0.6) is 0 Å². The number of hydrogen-bond acceptors (Lipinski definition) is 8. The lowest BCUT2D eigenvalue weighted by Crippen LogP contribution is -2.39. The van der Waals surface area contributed by atoms with Crippen molar-refractivity contribution in [3.05, 3.63) is 40.3 Å². The van der Waals surface area contributed by atoms with Gasteiger partial charge in [-0.25, -0.2) is 0 Å². The average Bonchev–Trinajstić information content (AvgIpc) is 3.15. The van der Waals surface area contributed by atoms with Crippen molar-refractivity contribution in [2.24, 2.45) is 17.8 Å². The fourth-order valence-corrected chi connectivity index (χ4v) is 4.08. The summed E-state index contributed by atoms with van der Waals surface area (Å²) in [6, 6.07) is 5.72. The van der Waals surface area contributed by atoms with Gasteiger partial charge in [-0.2, -0.15) is 0 Å². The minimum atomic E-state index is -0.491. The van der Waals surface area contributed by atoms with E-state index in [-0.39, 0.29) is 47.8 Å². The molecule has 0 amide bonds. The summed E-state index contributed by atoms with van der Waals surface area (Å²) < 4.78 is 10.8. The van der Waals surface area contributed by atoms with Crippen LogP contribution in [0.3, 0.4) is 0 Å². The van der Waals surface area contributed by atoms with Crippen molar-refractivity contribution < 1.29 is 23.7 Å². The second-order valence-electron chi connectivity index (χ2n) is 7.31. The number of nitrogens with zero attached hydrogens (tertiary/aromatic N) is 3. The van der Waals surface area contributed by atoms with Gasteiger partial charge in [-0.1, -0.05) is 6.42 Å². The van der Waals surface area contributed by atoms with Crippen molar-refractivity contribution in [3.8, 4) is 11.5 Å². The topological polar surface area (TPSA) is 125 Å². The summed E-state index contributed by atoms with van der Waals surface area (Å²) in [4.78, 5) is 34.7. The molecule has 0 radical (unpaired) electrons. The van der Waals surface area contributed by atoms with Gasteiger partial charge in [0.2, 0.25) is 5.89 Å². The van der Waals surface area contributed by atoms with Crippen LogP contribution >= 0.6 is 0 Å². The number of aromatic nitrogens is 2. The molecule has 2 aliphatic carbocycles. The highest BCUT2D eigenvalue weighted by Crippen LogP contribution is 2.40. The molecule has 1 heterocycles. The number of nitro groups is 1. The maximum atomic E-state index is 12.4. The van der Waals surface area contributed by atoms with Gasteiger partial charge in [-0.15, -0.1) is 10.2 Å². The first-order valence-electron chi connectivity index (χ1n) is 9.29. The molecule has 2 fully saturated rings. The maximum absolute atomic E-state index is 12.4. The van der Waals surface area contributed by atoms with Gasteiger partial charge in [0.25, 0.3) is 11.6 Å². The highest BCUT2D eigenvalue weighted by molar-refractivity contribution is 5.87. The van der Waals surface area contributed by atoms with E-state index in [9.17, 15) is 19.7 Å². The van der Waals surface area contributed by atoms with E-state index in [0.29, 0.717) is 24.2 Å². The summed E-state index contributed by atoms with van der Waals surface area (Å²) in [6.07, 6.45) is 3.90. The van der Waals surface area contributed by atoms with Crippen LogP contribution in [0, 0.1) is 27.9 Å². The Bertz CT molecular complexity index is 891. The lowest BCUT2D eigenvalue weighted by atomic mass is 9.67. The molecule has 2 aliphatic rings. The Hall–Kier alpha value is -3.10. The smallest absolute Gasteiger partial charge is 0.309 e. The van der Waals surface area contributed by atoms with Gasteiger partial charge in [-0.05, 0) is 37.8 Å². The minimum Gasteiger partial charge on any atom is -0.455 e. The number of benzene rings is 1. The number of carbonyl (C=O) groups excluding carboxylic acids is 2. The average molecular weight is 385 g/mol. The molecule has 0 unspecified atom stereocenters. The molecule has 0 saturated heterocycles. The summed E-state index contributed by atoms with van der Waals surface area (Å²) in [5.41, 5.74) is 0.502. The van der Waals surface area contributed by atoms with Gasteiger partial charge >= 0.3 is 5.97 Å². The Morgan fingerprint density at radius 3 is 2.50 bits per heavy atom. The number of esters is 1. The number of Topliss-reactive ketones (excluding diaryl/α,β-unsaturated/α-hetero) is 1. The number of rotatable bonds is 5. The zero-order valence-electron chi connectivity index (χ0n) is 15.1. The molecule has 0 spiro atoms. The van der Waals surface area contributed by atoms with Gasteiger partial charge in [0, 0.05) is 29.5 Å². The van der Waals surface area contributed by atoms with Crippen LogP contribution in [0.25, 0.3) is 11.5 Å². The number of ketones is 1. The second-order valence-corrected chi connectivity index (χ2v) is 7.31. The van der Waals surface area contributed by atoms with E-state index in [0.717, 1.165) is 19.3 Å². The highest BCUT2D eigenvalue weighted by atomic mass is 16.6. The first kappa shape index (κ1) is 18.3. The molecule has 146 valence electrons. The zero-order chi connectivity index (χ0) is 19.7. The standard InChI is InChI=1S/C19H19N3O6/c23-17-12-2-1-3-13(17)9-14(8-12)19(24)27-10-16-20-21-18(28-16)11-4-6-15(7-5-11)22(25)26/h4-7,12-14H,1-3,8-10H2/t12-,13-/m0/s1. The monoisotopic (exact) mass is 385 g/mol. The molecular formula is C19H19N3O6. The SMILES string of the molecule is O=C(OCc1nnc(-c2ccc([N+](=O)[O-])cc2)o1)C1C[C@@H]2CCC[C@@H](C1)C2=O. The Balaban J connectivity index is 1.35. The molecule has 2 atom stereocenters. The van der Waals surface area contributed by atoms with Crippen LogP contribution in [-0.4, -0.2) is 26.9 Å². The van der Waals surface area contributed by atoms with Crippen molar-refractivity contribution in [2.45, 2.75) is 38.7 Å². The molecular weight excluding hydrogens is 366 g/mol. The predicted octanol–water partition coefficient (Wildman–Crippen LogP) is 3.08. The van der Waals surface area contributed by atoms with Crippen molar-refractivity contribution in [2.75, 3.05) is 0 Å². The highest BCUT2D eigenvalue weighted by Gasteiger charge is 2.41. The third-order valence-electron chi connectivity index (χ3n) is 5.51. The third kappa shape index (κ3) is 3.64. The zero-order valence-corrected chi connectivity index (χ0v) is 15.1. The molecule has 0 aliphatic heterocycles. The van der Waals surface area contributed by atoms with Gasteiger partial charge in [-0.3, -0.25) is 19.7 Å². The van der Waals surface area contributed by atoms with E-state index in [1.165, 1.54) is 24.3 Å².